The number of nitrogens with zero attached hydrogens (tertiary/aromatic N) is 1. The maximum atomic E-state index is 11.3. The molecule has 3 nitrogen and oxygen atoms in total. The number of carbonyl (C=O) groups excluding carboxylic acids is 1. The monoisotopic (exact) mass is 207 g/mol. The smallest absolute Gasteiger partial charge is 0.339 e. The van der Waals surface area contributed by atoms with Gasteiger partial charge in [0.1, 0.15) is 0 Å². The molecule has 0 aromatic carbocycles. The van der Waals surface area contributed by atoms with E-state index >= 15 is 0 Å². The first-order chi connectivity index (χ1) is 7.33. The molecule has 3 heteroatoms. The number of pyridine rings is 1. The summed E-state index contributed by atoms with van der Waals surface area (Å²) in [6.45, 7) is 4.00. The molecule has 0 aliphatic heterocycles. The lowest BCUT2D eigenvalue weighted by Gasteiger charge is -2.03. The van der Waals surface area contributed by atoms with Gasteiger partial charge in [-0.25, -0.2) is 4.79 Å². The summed E-state index contributed by atoms with van der Waals surface area (Å²) in [6.07, 6.45) is 4.00. The fraction of sp³-hybridized carbons (Fsp3) is 0.500. The zero-order chi connectivity index (χ0) is 11.3. The quantitative estimate of drug-likeness (QED) is 0.700. The van der Waals surface area contributed by atoms with Crippen LogP contribution in [-0.4, -0.2) is 18.1 Å². The number of hydrogen-bond acceptors (Lipinski definition) is 3. The lowest BCUT2D eigenvalue weighted by Crippen LogP contribution is -2.06. The molecule has 0 spiro atoms. The van der Waals surface area contributed by atoms with Gasteiger partial charge < -0.3 is 4.74 Å². The van der Waals surface area contributed by atoms with Crippen molar-refractivity contribution in [2.45, 2.75) is 32.6 Å². The van der Waals surface area contributed by atoms with Gasteiger partial charge in [0.05, 0.1) is 18.4 Å². The average molecular weight is 207 g/mol. The second-order valence-corrected chi connectivity index (χ2v) is 3.20. The van der Waals surface area contributed by atoms with Crippen LogP contribution in [0.2, 0.25) is 0 Å². The normalized spacial score (nSPS) is 13.8. The van der Waals surface area contributed by atoms with Crippen molar-refractivity contribution in [3.8, 4) is 0 Å². The van der Waals surface area contributed by atoms with Crippen LogP contribution in [0.4, 0.5) is 0 Å². The predicted molar refractivity (Wildman–Crippen MR) is 58.9 cm³/mol. The highest BCUT2D eigenvalue weighted by molar-refractivity contribution is 5.90. The minimum absolute atomic E-state index is 0.282. The maximum Gasteiger partial charge on any atom is 0.339 e. The summed E-state index contributed by atoms with van der Waals surface area (Å²) in [6, 6.07) is 3.53. The number of methoxy groups -OCH3 is 1. The van der Waals surface area contributed by atoms with Gasteiger partial charge in [0.25, 0.3) is 0 Å². The molecule has 0 saturated heterocycles. The molecule has 0 atom stereocenters. The van der Waals surface area contributed by atoms with E-state index in [1.165, 1.54) is 7.11 Å². The van der Waals surface area contributed by atoms with E-state index in [1.54, 1.807) is 18.3 Å². The van der Waals surface area contributed by atoms with E-state index in [0.29, 0.717) is 11.5 Å². The van der Waals surface area contributed by atoms with E-state index in [-0.39, 0.29) is 5.97 Å². The van der Waals surface area contributed by atoms with Gasteiger partial charge in [0.2, 0.25) is 0 Å². The summed E-state index contributed by atoms with van der Waals surface area (Å²) in [4.78, 5) is 15.5. The molecule has 1 aliphatic rings. The molecule has 0 unspecified atom stereocenters. The zero-order valence-corrected chi connectivity index (χ0v) is 9.49. The van der Waals surface area contributed by atoms with E-state index in [4.69, 9.17) is 0 Å². The topological polar surface area (TPSA) is 39.2 Å². The summed E-state index contributed by atoms with van der Waals surface area (Å²) < 4.78 is 4.68. The number of carbonyl (C=O) groups is 1. The Hall–Kier alpha value is -1.38. The zero-order valence-electron chi connectivity index (χ0n) is 9.49. The molecule has 0 N–H and O–H groups in total. The number of hydrogen-bond donors (Lipinski definition) is 0. The SMILES string of the molecule is CC.COC(=O)c1cccnc1C1CC1. The molecule has 82 valence electrons. The molecule has 1 heterocycles. The van der Waals surface area contributed by atoms with Gasteiger partial charge in [-0.2, -0.15) is 0 Å². The van der Waals surface area contributed by atoms with Crippen molar-refractivity contribution in [1.82, 2.24) is 4.98 Å². The second kappa shape index (κ2) is 5.49. The van der Waals surface area contributed by atoms with E-state index in [9.17, 15) is 4.79 Å². The van der Waals surface area contributed by atoms with Gasteiger partial charge in [-0.3, -0.25) is 4.98 Å². The molecule has 2 rings (SSSR count). The van der Waals surface area contributed by atoms with Crippen molar-refractivity contribution in [3.63, 3.8) is 0 Å². The van der Waals surface area contributed by atoms with Crippen molar-refractivity contribution in [1.29, 1.82) is 0 Å². The van der Waals surface area contributed by atoms with Crippen LogP contribution in [0.3, 0.4) is 0 Å². The molecular formula is C12H17NO2. The highest BCUT2D eigenvalue weighted by Gasteiger charge is 2.29. The molecule has 15 heavy (non-hydrogen) atoms. The predicted octanol–water partition coefficient (Wildman–Crippen LogP) is 2.77. The fourth-order valence-electron chi connectivity index (χ4n) is 1.38. The average Bonchev–Trinajstić information content (AvgIpc) is 3.15. The lowest BCUT2D eigenvalue weighted by atomic mass is 10.1. The molecule has 0 radical (unpaired) electrons. The standard InChI is InChI=1S/C10H11NO2.C2H6/c1-13-10(12)8-3-2-6-11-9(8)7-4-5-7;1-2/h2-3,6-7H,4-5H2,1H3;1-2H3. The maximum absolute atomic E-state index is 11.3. The minimum Gasteiger partial charge on any atom is -0.465 e. The van der Waals surface area contributed by atoms with Crippen molar-refractivity contribution < 1.29 is 9.53 Å². The van der Waals surface area contributed by atoms with Crippen LogP contribution in [0.15, 0.2) is 18.3 Å². The molecule has 0 amide bonds. The molecule has 1 saturated carbocycles. The highest BCUT2D eigenvalue weighted by Crippen LogP contribution is 2.40. The Bertz CT molecular complexity index is 332. The fourth-order valence-corrected chi connectivity index (χ4v) is 1.38. The van der Waals surface area contributed by atoms with Crippen molar-refractivity contribution in [2.75, 3.05) is 7.11 Å². The third-order valence-electron chi connectivity index (χ3n) is 2.21. The Morgan fingerprint density at radius 1 is 1.47 bits per heavy atom. The van der Waals surface area contributed by atoms with Crippen LogP contribution < -0.4 is 0 Å². The number of aromatic nitrogens is 1. The van der Waals surface area contributed by atoms with Gasteiger partial charge >= 0.3 is 5.97 Å². The van der Waals surface area contributed by atoms with E-state index in [1.807, 2.05) is 13.8 Å². The first-order valence-corrected chi connectivity index (χ1v) is 5.36. The van der Waals surface area contributed by atoms with Gasteiger partial charge in [0.15, 0.2) is 0 Å². The van der Waals surface area contributed by atoms with Crippen molar-refractivity contribution in [3.05, 3.63) is 29.6 Å². The Balaban J connectivity index is 0.000000531. The third kappa shape index (κ3) is 2.78. The van der Waals surface area contributed by atoms with Gasteiger partial charge in [-0.1, -0.05) is 13.8 Å². The largest absolute Gasteiger partial charge is 0.465 e. The van der Waals surface area contributed by atoms with Crippen molar-refractivity contribution in [2.24, 2.45) is 0 Å². The Morgan fingerprint density at radius 3 is 2.67 bits per heavy atom. The van der Waals surface area contributed by atoms with E-state index in [0.717, 1.165) is 18.5 Å². The number of ether oxygens (including phenoxy) is 1. The van der Waals surface area contributed by atoms with Crippen LogP contribution in [0.5, 0.6) is 0 Å². The Labute approximate surface area is 90.5 Å². The van der Waals surface area contributed by atoms with Crippen molar-refractivity contribution >= 4 is 5.97 Å². The van der Waals surface area contributed by atoms with E-state index < -0.39 is 0 Å². The summed E-state index contributed by atoms with van der Waals surface area (Å²) in [5, 5.41) is 0. The molecular weight excluding hydrogens is 190 g/mol. The van der Waals surface area contributed by atoms with Crippen LogP contribution in [-0.2, 0) is 4.74 Å². The Morgan fingerprint density at radius 2 is 2.13 bits per heavy atom. The summed E-state index contributed by atoms with van der Waals surface area (Å²) in [5.41, 5.74) is 1.52. The van der Waals surface area contributed by atoms with Crippen LogP contribution in [0.25, 0.3) is 0 Å². The number of esters is 1. The van der Waals surface area contributed by atoms with Gasteiger partial charge in [0, 0.05) is 12.1 Å². The summed E-state index contributed by atoms with van der Waals surface area (Å²) in [7, 11) is 1.39. The second-order valence-electron chi connectivity index (χ2n) is 3.20. The minimum atomic E-state index is -0.282. The van der Waals surface area contributed by atoms with Gasteiger partial charge in [-0.15, -0.1) is 0 Å². The Kier molecular flexibility index (Phi) is 4.28. The number of rotatable bonds is 2. The molecule has 0 bridgehead atoms. The summed E-state index contributed by atoms with van der Waals surface area (Å²) >= 11 is 0. The first-order valence-electron chi connectivity index (χ1n) is 5.36. The third-order valence-corrected chi connectivity index (χ3v) is 2.21. The van der Waals surface area contributed by atoms with Gasteiger partial charge in [-0.05, 0) is 25.0 Å². The molecule has 1 aliphatic carbocycles. The highest BCUT2D eigenvalue weighted by atomic mass is 16.5. The van der Waals surface area contributed by atoms with Crippen LogP contribution in [0.1, 0.15) is 48.7 Å². The lowest BCUT2D eigenvalue weighted by molar-refractivity contribution is 0.0599. The molecule has 1 fully saturated rings. The molecule has 1 aromatic rings. The molecule has 1 aromatic heterocycles. The van der Waals surface area contributed by atoms with Crippen LogP contribution in [0, 0.1) is 0 Å². The van der Waals surface area contributed by atoms with E-state index in [2.05, 4.69) is 9.72 Å². The summed E-state index contributed by atoms with van der Waals surface area (Å²) in [5.74, 6) is 0.199. The van der Waals surface area contributed by atoms with Crippen LogP contribution >= 0.6 is 0 Å². The first kappa shape index (κ1) is 11.7.